The molecule has 20 heavy (non-hydrogen) atoms. The lowest BCUT2D eigenvalue weighted by Gasteiger charge is -2.18. The van der Waals surface area contributed by atoms with Crippen molar-refractivity contribution in [2.24, 2.45) is 0 Å². The lowest BCUT2D eigenvalue weighted by molar-refractivity contribution is 0.731. The zero-order valence-electron chi connectivity index (χ0n) is 12.4. The van der Waals surface area contributed by atoms with Crippen LogP contribution in [0.5, 0.6) is 0 Å². The van der Waals surface area contributed by atoms with Gasteiger partial charge in [-0.25, -0.2) is 9.97 Å². The van der Waals surface area contributed by atoms with Crippen LogP contribution in [-0.4, -0.2) is 9.97 Å². The van der Waals surface area contributed by atoms with Gasteiger partial charge in [-0.15, -0.1) is 0 Å². The maximum Gasteiger partial charge on any atom is 0.141 e. The number of hydrogen-bond acceptors (Lipinski definition) is 3. The van der Waals surface area contributed by atoms with Crippen molar-refractivity contribution in [1.82, 2.24) is 9.97 Å². The fraction of sp³-hybridized carbons (Fsp3) is 0.412. The molecular formula is C17H21N3. The van der Waals surface area contributed by atoms with E-state index in [0.717, 1.165) is 29.9 Å². The van der Waals surface area contributed by atoms with Crippen molar-refractivity contribution in [3.63, 3.8) is 0 Å². The van der Waals surface area contributed by atoms with E-state index in [1.165, 1.54) is 5.56 Å². The van der Waals surface area contributed by atoms with Gasteiger partial charge in [0.1, 0.15) is 11.6 Å². The Morgan fingerprint density at radius 2 is 1.75 bits per heavy atom. The summed E-state index contributed by atoms with van der Waals surface area (Å²) in [6, 6.07) is 10.5. The molecule has 1 fully saturated rings. The van der Waals surface area contributed by atoms with Crippen molar-refractivity contribution in [3.8, 4) is 0 Å². The molecule has 0 atom stereocenters. The van der Waals surface area contributed by atoms with Crippen LogP contribution in [0.3, 0.4) is 0 Å². The van der Waals surface area contributed by atoms with Crippen LogP contribution < -0.4 is 5.73 Å². The molecule has 0 unspecified atom stereocenters. The van der Waals surface area contributed by atoms with E-state index in [1.807, 2.05) is 13.0 Å². The van der Waals surface area contributed by atoms with E-state index in [9.17, 15) is 0 Å². The van der Waals surface area contributed by atoms with Gasteiger partial charge < -0.3 is 5.73 Å². The van der Waals surface area contributed by atoms with Crippen molar-refractivity contribution < 1.29 is 0 Å². The molecule has 1 aromatic heterocycles. The number of aromatic nitrogens is 2. The van der Waals surface area contributed by atoms with Crippen LogP contribution in [0.1, 0.15) is 55.3 Å². The zero-order chi connectivity index (χ0) is 14.3. The number of benzene rings is 1. The molecule has 0 radical (unpaired) electrons. The minimum atomic E-state index is -0.00432. The molecule has 1 saturated carbocycles. The molecule has 2 aromatic rings. The summed E-state index contributed by atoms with van der Waals surface area (Å²) in [5.74, 6) is 1.89. The Labute approximate surface area is 120 Å². The molecule has 1 aliphatic rings. The van der Waals surface area contributed by atoms with Crippen molar-refractivity contribution in [3.05, 3.63) is 53.0 Å². The summed E-state index contributed by atoms with van der Waals surface area (Å²) in [4.78, 5) is 9.41. The largest absolute Gasteiger partial charge is 0.383 e. The Balaban J connectivity index is 2.08. The van der Waals surface area contributed by atoms with Gasteiger partial charge in [0, 0.05) is 11.3 Å². The summed E-state index contributed by atoms with van der Waals surface area (Å²) in [5.41, 5.74) is 9.57. The Morgan fingerprint density at radius 3 is 2.25 bits per heavy atom. The van der Waals surface area contributed by atoms with Gasteiger partial charge in [0.05, 0.1) is 5.41 Å². The van der Waals surface area contributed by atoms with Crippen LogP contribution in [0, 0.1) is 6.92 Å². The highest BCUT2D eigenvalue weighted by atomic mass is 15.0. The average molecular weight is 267 g/mol. The van der Waals surface area contributed by atoms with E-state index in [1.54, 1.807) is 0 Å². The van der Waals surface area contributed by atoms with Gasteiger partial charge in [0.25, 0.3) is 0 Å². The first-order valence-corrected chi connectivity index (χ1v) is 7.24. The molecule has 1 heterocycles. The van der Waals surface area contributed by atoms with Crippen LogP contribution in [0.25, 0.3) is 0 Å². The average Bonchev–Trinajstić information content (AvgIpc) is 3.20. The molecule has 3 rings (SSSR count). The molecule has 104 valence electrons. The Hall–Kier alpha value is -1.90. The quantitative estimate of drug-likeness (QED) is 0.925. The summed E-state index contributed by atoms with van der Waals surface area (Å²) in [6.45, 7) is 6.30. The van der Waals surface area contributed by atoms with Gasteiger partial charge in [-0.3, -0.25) is 0 Å². The first kappa shape index (κ1) is 13.1. The van der Waals surface area contributed by atoms with Crippen LogP contribution in [0.15, 0.2) is 30.3 Å². The summed E-state index contributed by atoms with van der Waals surface area (Å²) >= 11 is 0. The van der Waals surface area contributed by atoms with Gasteiger partial charge >= 0.3 is 0 Å². The third kappa shape index (κ3) is 1.98. The number of anilines is 1. The number of nitrogen functional groups attached to an aromatic ring is 1. The number of nitrogens with two attached hydrogens (primary N) is 1. The smallest absolute Gasteiger partial charge is 0.141 e. The van der Waals surface area contributed by atoms with E-state index in [0.29, 0.717) is 11.7 Å². The molecule has 0 aliphatic heterocycles. The second-order valence-electron chi connectivity index (χ2n) is 6.03. The maximum absolute atomic E-state index is 6.17. The summed E-state index contributed by atoms with van der Waals surface area (Å²) in [6.07, 6.45) is 2.22. The number of aryl methyl sites for hydroxylation is 1. The third-order valence-corrected chi connectivity index (χ3v) is 4.25. The maximum atomic E-state index is 6.17. The topological polar surface area (TPSA) is 51.8 Å². The molecule has 1 aromatic carbocycles. The molecule has 0 amide bonds. The highest BCUT2D eigenvalue weighted by Gasteiger charge is 2.48. The molecule has 3 heteroatoms. The fourth-order valence-corrected chi connectivity index (χ4v) is 3.05. The predicted octanol–water partition coefficient (Wildman–Crippen LogP) is 3.57. The molecule has 0 bridgehead atoms. The van der Waals surface area contributed by atoms with Gasteiger partial charge in [-0.05, 0) is 31.2 Å². The second-order valence-corrected chi connectivity index (χ2v) is 6.03. The van der Waals surface area contributed by atoms with E-state index in [4.69, 9.17) is 10.7 Å². The van der Waals surface area contributed by atoms with E-state index in [2.05, 4.69) is 43.1 Å². The monoisotopic (exact) mass is 267 g/mol. The van der Waals surface area contributed by atoms with Crippen LogP contribution in [0.2, 0.25) is 0 Å². The molecule has 1 aliphatic carbocycles. The summed E-state index contributed by atoms with van der Waals surface area (Å²) < 4.78 is 0. The third-order valence-electron chi connectivity index (χ3n) is 4.25. The highest BCUT2D eigenvalue weighted by Crippen LogP contribution is 2.52. The second kappa shape index (κ2) is 4.58. The molecule has 3 nitrogen and oxygen atoms in total. The van der Waals surface area contributed by atoms with Gasteiger partial charge in [0.15, 0.2) is 0 Å². The van der Waals surface area contributed by atoms with Crippen molar-refractivity contribution >= 4 is 5.82 Å². The first-order valence-electron chi connectivity index (χ1n) is 7.24. The van der Waals surface area contributed by atoms with E-state index >= 15 is 0 Å². The molecule has 2 N–H and O–H groups in total. The van der Waals surface area contributed by atoms with Crippen molar-refractivity contribution in [2.45, 2.75) is 44.9 Å². The fourth-order valence-electron chi connectivity index (χ4n) is 3.05. The Kier molecular flexibility index (Phi) is 3.00. The molecule has 0 spiro atoms. The minimum absolute atomic E-state index is 0.00432. The standard InChI is InChI=1S/C17H21N3/c1-11(2)14-12(3)19-16(20-15(14)18)17(9-10-17)13-7-5-4-6-8-13/h4-8,11H,9-10H2,1-3H3,(H2,18,19,20). The molecule has 0 saturated heterocycles. The summed E-state index contributed by atoms with van der Waals surface area (Å²) in [7, 11) is 0. The molecular weight excluding hydrogens is 246 g/mol. The lowest BCUT2D eigenvalue weighted by Crippen LogP contribution is -2.17. The van der Waals surface area contributed by atoms with Crippen molar-refractivity contribution in [1.29, 1.82) is 0 Å². The van der Waals surface area contributed by atoms with Crippen LogP contribution in [0.4, 0.5) is 5.82 Å². The SMILES string of the molecule is Cc1nc(C2(c3ccccc3)CC2)nc(N)c1C(C)C. The Morgan fingerprint density at radius 1 is 1.10 bits per heavy atom. The van der Waals surface area contributed by atoms with Gasteiger partial charge in [-0.1, -0.05) is 44.2 Å². The van der Waals surface area contributed by atoms with Gasteiger partial charge in [0.2, 0.25) is 0 Å². The minimum Gasteiger partial charge on any atom is -0.383 e. The van der Waals surface area contributed by atoms with Crippen molar-refractivity contribution in [2.75, 3.05) is 5.73 Å². The normalized spacial score (nSPS) is 16.4. The zero-order valence-corrected chi connectivity index (χ0v) is 12.4. The van der Waals surface area contributed by atoms with E-state index < -0.39 is 0 Å². The predicted molar refractivity (Wildman–Crippen MR) is 81.7 cm³/mol. The van der Waals surface area contributed by atoms with E-state index in [-0.39, 0.29) is 5.41 Å². The van der Waals surface area contributed by atoms with Gasteiger partial charge in [-0.2, -0.15) is 0 Å². The number of rotatable bonds is 3. The summed E-state index contributed by atoms with van der Waals surface area (Å²) in [5, 5.41) is 0. The number of nitrogens with zero attached hydrogens (tertiary/aromatic N) is 2. The lowest BCUT2D eigenvalue weighted by atomic mass is 9.94. The first-order chi connectivity index (χ1) is 9.54. The highest BCUT2D eigenvalue weighted by molar-refractivity contribution is 5.48. The van der Waals surface area contributed by atoms with Crippen LogP contribution in [-0.2, 0) is 5.41 Å². The Bertz CT molecular complexity index is 605. The van der Waals surface area contributed by atoms with Crippen LogP contribution >= 0.6 is 0 Å². The number of hydrogen-bond donors (Lipinski definition) is 1.